The molecule has 0 aromatic heterocycles. The van der Waals surface area contributed by atoms with Crippen molar-refractivity contribution in [1.82, 2.24) is 0 Å². The SMILES string of the molecule is [B]CCOC(=O)C1CCCCC1C(=O)O. The minimum Gasteiger partial charge on any atom is -0.481 e. The smallest absolute Gasteiger partial charge is 0.309 e. The molecule has 0 bridgehead atoms. The first kappa shape index (κ1) is 12.1. The van der Waals surface area contributed by atoms with Crippen LogP contribution in [0, 0.1) is 11.8 Å². The van der Waals surface area contributed by atoms with Gasteiger partial charge in [-0.3, -0.25) is 9.59 Å². The fraction of sp³-hybridized carbons (Fsp3) is 0.800. The average Bonchev–Trinajstić information content (AvgIpc) is 2.25. The number of esters is 1. The highest BCUT2D eigenvalue weighted by atomic mass is 16.5. The molecule has 0 aromatic carbocycles. The number of hydrogen-bond donors (Lipinski definition) is 1. The summed E-state index contributed by atoms with van der Waals surface area (Å²) in [6, 6.07) is 0. The largest absolute Gasteiger partial charge is 0.481 e. The van der Waals surface area contributed by atoms with Crippen LogP contribution in [0.25, 0.3) is 0 Å². The fourth-order valence-electron chi connectivity index (χ4n) is 1.98. The number of rotatable bonds is 4. The maximum Gasteiger partial charge on any atom is 0.309 e. The van der Waals surface area contributed by atoms with E-state index in [2.05, 4.69) is 0 Å². The van der Waals surface area contributed by atoms with Crippen LogP contribution in [0.5, 0.6) is 0 Å². The summed E-state index contributed by atoms with van der Waals surface area (Å²) in [6.45, 7) is 0.168. The van der Waals surface area contributed by atoms with Crippen LogP contribution in [-0.4, -0.2) is 31.5 Å². The van der Waals surface area contributed by atoms with Crippen LogP contribution in [0.15, 0.2) is 0 Å². The minimum absolute atomic E-state index is 0.168. The summed E-state index contributed by atoms with van der Waals surface area (Å²) in [7, 11) is 5.21. The van der Waals surface area contributed by atoms with Gasteiger partial charge >= 0.3 is 11.9 Å². The van der Waals surface area contributed by atoms with Crippen LogP contribution in [0.2, 0.25) is 6.32 Å². The maximum absolute atomic E-state index is 11.5. The van der Waals surface area contributed by atoms with Gasteiger partial charge in [0.15, 0.2) is 0 Å². The molecule has 0 amide bonds. The standard InChI is InChI=1S/C10H15BO4/c11-5-6-15-10(14)8-4-2-1-3-7(8)9(12)13/h7-8H,1-6H2,(H,12,13). The third-order valence-corrected chi connectivity index (χ3v) is 2.75. The number of aliphatic carboxylic acids is 1. The van der Waals surface area contributed by atoms with Gasteiger partial charge in [-0.25, -0.2) is 0 Å². The number of ether oxygens (including phenoxy) is 1. The van der Waals surface area contributed by atoms with Crippen LogP contribution >= 0.6 is 0 Å². The zero-order valence-electron chi connectivity index (χ0n) is 8.65. The second-order valence-electron chi connectivity index (χ2n) is 3.79. The van der Waals surface area contributed by atoms with Crippen molar-refractivity contribution >= 4 is 19.8 Å². The van der Waals surface area contributed by atoms with Crippen molar-refractivity contribution in [3.8, 4) is 0 Å². The topological polar surface area (TPSA) is 63.6 Å². The van der Waals surface area contributed by atoms with E-state index in [0.717, 1.165) is 12.8 Å². The van der Waals surface area contributed by atoms with Gasteiger partial charge in [0.1, 0.15) is 0 Å². The number of carboxylic acids is 1. The first-order valence-corrected chi connectivity index (χ1v) is 5.26. The quantitative estimate of drug-likeness (QED) is 0.555. The van der Waals surface area contributed by atoms with Crippen LogP contribution in [0.3, 0.4) is 0 Å². The van der Waals surface area contributed by atoms with Crippen LogP contribution in [0.4, 0.5) is 0 Å². The fourth-order valence-corrected chi connectivity index (χ4v) is 1.98. The molecule has 0 aromatic rings. The number of carbonyl (C=O) groups excluding carboxylic acids is 1. The molecule has 0 spiro atoms. The molecular weight excluding hydrogens is 195 g/mol. The van der Waals surface area contributed by atoms with Gasteiger partial charge < -0.3 is 9.84 Å². The third kappa shape index (κ3) is 3.25. The summed E-state index contributed by atoms with van der Waals surface area (Å²) in [5.74, 6) is -2.37. The Morgan fingerprint density at radius 2 is 1.87 bits per heavy atom. The van der Waals surface area contributed by atoms with E-state index in [1.165, 1.54) is 0 Å². The lowest BCUT2D eigenvalue weighted by molar-refractivity contribution is -0.159. The average molecular weight is 210 g/mol. The van der Waals surface area contributed by atoms with Crippen LogP contribution in [-0.2, 0) is 14.3 Å². The molecule has 5 heteroatoms. The molecule has 1 aliphatic carbocycles. The van der Waals surface area contributed by atoms with Crippen molar-refractivity contribution in [2.75, 3.05) is 6.61 Å². The third-order valence-electron chi connectivity index (χ3n) is 2.75. The van der Waals surface area contributed by atoms with E-state index < -0.39 is 23.8 Å². The monoisotopic (exact) mass is 210 g/mol. The molecule has 2 radical (unpaired) electrons. The van der Waals surface area contributed by atoms with E-state index in [1.807, 2.05) is 0 Å². The zero-order chi connectivity index (χ0) is 11.3. The minimum atomic E-state index is -0.899. The Labute approximate surface area is 90.4 Å². The van der Waals surface area contributed by atoms with Gasteiger partial charge in [-0.1, -0.05) is 19.2 Å². The van der Waals surface area contributed by atoms with E-state index in [1.54, 1.807) is 0 Å². The summed E-state index contributed by atoms with van der Waals surface area (Å²) in [6.07, 6.45) is 3.22. The summed E-state index contributed by atoms with van der Waals surface area (Å²) < 4.78 is 4.88. The number of carboxylic acid groups (broad SMARTS) is 1. The summed E-state index contributed by atoms with van der Waals surface area (Å²) in [5.41, 5.74) is 0. The lowest BCUT2D eigenvalue weighted by Gasteiger charge is -2.26. The van der Waals surface area contributed by atoms with E-state index in [4.69, 9.17) is 17.7 Å². The lowest BCUT2D eigenvalue weighted by Crippen LogP contribution is -2.33. The second-order valence-corrected chi connectivity index (χ2v) is 3.79. The Kier molecular flexibility index (Phi) is 4.65. The van der Waals surface area contributed by atoms with Crippen molar-refractivity contribution in [3.05, 3.63) is 0 Å². The van der Waals surface area contributed by atoms with Gasteiger partial charge in [0.2, 0.25) is 0 Å². The molecular formula is C10H15BO4. The van der Waals surface area contributed by atoms with Gasteiger partial charge in [-0.2, -0.15) is 0 Å². The zero-order valence-corrected chi connectivity index (χ0v) is 8.65. The molecule has 1 fully saturated rings. The van der Waals surface area contributed by atoms with Gasteiger partial charge in [0.05, 0.1) is 26.3 Å². The molecule has 0 aliphatic heterocycles. The number of carbonyl (C=O) groups is 2. The Bertz CT molecular complexity index is 242. The molecule has 0 heterocycles. The molecule has 2 unspecified atom stereocenters. The van der Waals surface area contributed by atoms with E-state index in [9.17, 15) is 9.59 Å². The molecule has 1 aliphatic rings. The molecule has 1 saturated carbocycles. The lowest BCUT2D eigenvalue weighted by atomic mass is 9.79. The Hall–Kier alpha value is -0.995. The second kappa shape index (κ2) is 5.78. The highest BCUT2D eigenvalue weighted by Gasteiger charge is 2.36. The van der Waals surface area contributed by atoms with Crippen molar-refractivity contribution in [2.45, 2.75) is 32.0 Å². The molecule has 82 valence electrons. The van der Waals surface area contributed by atoms with Crippen LogP contribution < -0.4 is 0 Å². The first-order chi connectivity index (χ1) is 7.16. The van der Waals surface area contributed by atoms with Gasteiger partial charge in [-0.05, 0) is 12.8 Å². The maximum atomic E-state index is 11.5. The first-order valence-electron chi connectivity index (χ1n) is 5.26. The van der Waals surface area contributed by atoms with Gasteiger partial charge in [0.25, 0.3) is 0 Å². The predicted molar refractivity (Wildman–Crippen MR) is 54.6 cm³/mol. The van der Waals surface area contributed by atoms with Crippen molar-refractivity contribution in [1.29, 1.82) is 0 Å². The van der Waals surface area contributed by atoms with Gasteiger partial charge in [-0.15, -0.1) is 0 Å². The van der Waals surface area contributed by atoms with E-state index >= 15 is 0 Å². The van der Waals surface area contributed by atoms with E-state index in [-0.39, 0.29) is 12.9 Å². The normalized spacial score (nSPS) is 25.9. The number of hydrogen-bond acceptors (Lipinski definition) is 3. The Morgan fingerprint density at radius 3 is 2.40 bits per heavy atom. The van der Waals surface area contributed by atoms with Crippen molar-refractivity contribution in [3.63, 3.8) is 0 Å². The van der Waals surface area contributed by atoms with E-state index in [0.29, 0.717) is 12.8 Å². The van der Waals surface area contributed by atoms with Crippen molar-refractivity contribution < 1.29 is 19.4 Å². The predicted octanol–water partition coefficient (Wildman–Crippen LogP) is 1.01. The van der Waals surface area contributed by atoms with Crippen LogP contribution in [0.1, 0.15) is 25.7 Å². The highest BCUT2D eigenvalue weighted by molar-refractivity contribution is 6.08. The summed E-state index contributed by atoms with van der Waals surface area (Å²) in [4.78, 5) is 22.4. The summed E-state index contributed by atoms with van der Waals surface area (Å²) in [5, 5.41) is 8.95. The molecule has 2 atom stereocenters. The summed E-state index contributed by atoms with van der Waals surface area (Å²) >= 11 is 0. The highest BCUT2D eigenvalue weighted by Crippen LogP contribution is 2.31. The molecule has 0 saturated heterocycles. The van der Waals surface area contributed by atoms with Crippen molar-refractivity contribution in [2.24, 2.45) is 11.8 Å². The molecule has 4 nitrogen and oxygen atoms in total. The Balaban J connectivity index is 2.55. The van der Waals surface area contributed by atoms with Gasteiger partial charge in [0, 0.05) is 0 Å². The molecule has 15 heavy (non-hydrogen) atoms. The molecule has 1 N–H and O–H groups in total. The Morgan fingerprint density at radius 1 is 1.27 bits per heavy atom. The molecule has 1 rings (SSSR count).